The standard InChI is InChI=1S/C22H21ClF3N5O3S/c1-2-13-5-7-18(35-13)15-11-17(27-20(32)19(15)31-21(33)28-29-30-31)14-6-4-12(10-16(14)23)34-9-3-8-22(24,25)26/h4-7,10-11,21,33H,2-3,8-9H2,1H3,(H,27,32)(H,28,30). The van der Waals surface area contributed by atoms with E-state index in [9.17, 15) is 23.1 Å². The van der Waals surface area contributed by atoms with Gasteiger partial charge in [-0.05, 0) is 54.5 Å². The van der Waals surface area contributed by atoms with Gasteiger partial charge < -0.3 is 14.8 Å². The van der Waals surface area contributed by atoms with Crippen molar-refractivity contribution in [1.82, 2.24) is 10.4 Å². The number of hydrogen-bond acceptors (Lipinski definition) is 8. The van der Waals surface area contributed by atoms with Gasteiger partial charge in [-0.15, -0.1) is 11.3 Å². The average molecular weight is 528 g/mol. The molecule has 0 amide bonds. The third kappa shape index (κ3) is 5.77. The summed E-state index contributed by atoms with van der Waals surface area (Å²) in [5.74, 6) is 0.317. The molecule has 1 unspecified atom stereocenters. The highest BCUT2D eigenvalue weighted by Gasteiger charge is 2.28. The zero-order valence-electron chi connectivity index (χ0n) is 18.4. The zero-order valence-corrected chi connectivity index (χ0v) is 20.0. The Morgan fingerprint density at radius 3 is 2.66 bits per heavy atom. The van der Waals surface area contributed by atoms with Crippen LogP contribution in [0.1, 0.15) is 24.6 Å². The topological polar surface area (TPSA) is 102 Å². The Morgan fingerprint density at radius 1 is 1.23 bits per heavy atom. The smallest absolute Gasteiger partial charge is 0.389 e. The van der Waals surface area contributed by atoms with E-state index in [0.717, 1.165) is 21.2 Å². The van der Waals surface area contributed by atoms with Crippen LogP contribution in [-0.4, -0.2) is 29.2 Å². The van der Waals surface area contributed by atoms with E-state index in [-0.39, 0.29) is 23.7 Å². The molecular weight excluding hydrogens is 507 g/mol. The average Bonchev–Trinajstić information content (AvgIpc) is 3.44. The number of benzene rings is 1. The monoisotopic (exact) mass is 527 g/mol. The van der Waals surface area contributed by atoms with E-state index < -0.39 is 24.5 Å². The number of aryl methyl sites for hydroxylation is 1. The second kappa shape index (κ2) is 10.3. The van der Waals surface area contributed by atoms with E-state index in [1.165, 1.54) is 17.4 Å². The van der Waals surface area contributed by atoms with Gasteiger partial charge in [0, 0.05) is 27.3 Å². The molecule has 1 atom stereocenters. The summed E-state index contributed by atoms with van der Waals surface area (Å²) in [7, 11) is 0. The SMILES string of the molecule is CCc1ccc(-c2cc(-c3ccc(OCCCC(F)(F)F)cc3Cl)[nH]c(=O)c2N2N=NNC2O)s1. The van der Waals surface area contributed by atoms with Crippen molar-refractivity contribution in [1.29, 1.82) is 0 Å². The minimum absolute atomic E-state index is 0.107. The van der Waals surface area contributed by atoms with Crippen molar-refractivity contribution in [3.63, 3.8) is 0 Å². The third-order valence-corrected chi connectivity index (χ3v) is 6.74. The van der Waals surface area contributed by atoms with Crippen molar-refractivity contribution < 1.29 is 23.0 Å². The zero-order chi connectivity index (χ0) is 25.2. The summed E-state index contributed by atoms with van der Waals surface area (Å²) >= 11 is 7.95. The van der Waals surface area contributed by atoms with E-state index in [2.05, 4.69) is 20.9 Å². The van der Waals surface area contributed by atoms with Crippen LogP contribution < -0.4 is 20.7 Å². The van der Waals surface area contributed by atoms with Crippen LogP contribution in [-0.2, 0) is 6.42 Å². The summed E-state index contributed by atoms with van der Waals surface area (Å²) < 4.78 is 42.3. The van der Waals surface area contributed by atoms with Crippen LogP contribution in [0.15, 0.2) is 51.6 Å². The number of thiophene rings is 1. The lowest BCUT2D eigenvalue weighted by molar-refractivity contribution is -0.136. The molecule has 1 aromatic carbocycles. The normalized spacial score (nSPS) is 15.5. The number of nitrogens with one attached hydrogen (secondary N) is 2. The molecule has 1 aliphatic heterocycles. The number of aromatic amines is 1. The maximum absolute atomic E-state index is 13.2. The molecule has 2 aromatic heterocycles. The minimum Gasteiger partial charge on any atom is -0.494 e. The number of aliphatic hydroxyl groups is 1. The van der Waals surface area contributed by atoms with Crippen LogP contribution in [0.5, 0.6) is 5.75 Å². The van der Waals surface area contributed by atoms with E-state index in [1.807, 2.05) is 19.1 Å². The maximum Gasteiger partial charge on any atom is 0.389 e. The van der Waals surface area contributed by atoms with Gasteiger partial charge in [-0.1, -0.05) is 23.7 Å². The lowest BCUT2D eigenvalue weighted by Crippen LogP contribution is -2.37. The fourth-order valence-electron chi connectivity index (χ4n) is 3.49. The van der Waals surface area contributed by atoms with Gasteiger partial charge >= 0.3 is 6.18 Å². The van der Waals surface area contributed by atoms with Crippen molar-refractivity contribution >= 4 is 28.6 Å². The Morgan fingerprint density at radius 2 is 2.03 bits per heavy atom. The summed E-state index contributed by atoms with van der Waals surface area (Å²) in [6.45, 7) is 1.92. The number of aromatic nitrogens is 1. The number of alkyl halides is 3. The highest BCUT2D eigenvalue weighted by atomic mass is 35.5. The number of rotatable bonds is 8. The highest BCUT2D eigenvalue weighted by molar-refractivity contribution is 7.15. The molecule has 4 rings (SSSR count). The molecule has 8 nitrogen and oxygen atoms in total. The number of hydrogen-bond donors (Lipinski definition) is 3. The molecule has 1 aliphatic rings. The molecule has 186 valence electrons. The molecule has 3 heterocycles. The number of pyridine rings is 1. The summed E-state index contributed by atoms with van der Waals surface area (Å²) in [5.41, 5.74) is 3.40. The molecule has 0 saturated heterocycles. The molecule has 3 aromatic rings. The van der Waals surface area contributed by atoms with Crippen molar-refractivity contribution in [2.75, 3.05) is 11.6 Å². The van der Waals surface area contributed by atoms with Gasteiger partial charge in [0.25, 0.3) is 5.56 Å². The fourth-order valence-corrected chi connectivity index (χ4v) is 4.73. The Labute approximate surface area is 207 Å². The molecular formula is C22H21ClF3N5O3S. The Bertz CT molecular complexity index is 1290. The summed E-state index contributed by atoms with van der Waals surface area (Å²) in [6.07, 6.45) is -5.82. The predicted molar refractivity (Wildman–Crippen MR) is 127 cm³/mol. The number of aliphatic hydroxyl groups excluding tert-OH is 1. The first-order chi connectivity index (χ1) is 16.7. The maximum atomic E-state index is 13.2. The second-order valence-corrected chi connectivity index (χ2v) is 9.22. The first-order valence-corrected chi connectivity index (χ1v) is 11.8. The van der Waals surface area contributed by atoms with Crippen LogP contribution in [0, 0.1) is 0 Å². The van der Waals surface area contributed by atoms with Gasteiger partial charge in [-0.3, -0.25) is 4.79 Å². The number of nitrogens with zero attached hydrogens (tertiary/aromatic N) is 3. The number of ether oxygens (including phenoxy) is 1. The molecule has 0 radical (unpaired) electrons. The van der Waals surface area contributed by atoms with Crippen LogP contribution >= 0.6 is 22.9 Å². The van der Waals surface area contributed by atoms with Crippen LogP contribution in [0.2, 0.25) is 5.02 Å². The lowest BCUT2D eigenvalue weighted by Gasteiger charge is -2.19. The summed E-state index contributed by atoms with van der Waals surface area (Å²) in [4.78, 5) is 17.8. The molecule has 13 heteroatoms. The van der Waals surface area contributed by atoms with E-state index >= 15 is 0 Å². The van der Waals surface area contributed by atoms with Gasteiger partial charge in [0.1, 0.15) is 11.4 Å². The lowest BCUT2D eigenvalue weighted by atomic mass is 10.1. The summed E-state index contributed by atoms with van der Waals surface area (Å²) in [6, 6.07) is 10.3. The van der Waals surface area contributed by atoms with Crippen molar-refractivity contribution in [3.05, 3.63) is 56.7 Å². The third-order valence-electron chi connectivity index (χ3n) is 5.16. The minimum atomic E-state index is -4.23. The van der Waals surface area contributed by atoms with E-state index in [1.54, 1.807) is 18.2 Å². The van der Waals surface area contributed by atoms with Crippen molar-refractivity contribution in [2.45, 2.75) is 38.7 Å². The summed E-state index contributed by atoms with van der Waals surface area (Å²) in [5, 5.41) is 18.9. The first-order valence-electron chi connectivity index (χ1n) is 10.7. The molecule has 0 bridgehead atoms. The van der Waals surface area contributed by atoms with E-state index in [4.69, 9.17) is 16.3 Å². The molecule has 0 fully saturated rings. The largest absolute Gasteiger partial charge is 0.494 e. The Hall–Kier alpha value is -3.09. The van der Waals surface area contributed by atoms with Gasteiger partial charge in [-0.2, -0.15) is 18.2 Å². The van der Waals surface area contributed by atoms with Gasteiger partial charge in [0.2, 0.25) is 6.35 Å². The van der Waals surface area contributed by atoms with Crippen molar-refractivity contribution in [2.24, 2.45) is 10.4 Å². The van der Waals surface area contributed by atoms with Gasteiger partial charge in [0.05, 0.1) is 17.3 Å². The first kappa shape index (κ1) is 25.0. The Kier molecular flexibility index (Phi) is 7.33. The Balaban J connectivity index is 1.67. The number of H-pyrrole nitrogens is 1. The van der Waals surface area contributed by atoms with Gasteiger partial charge in [0.15, 0.2) is 0 Å². The predicted octanol–water partition coefficient (Wildman–Crippen LogP) is 5.68. The molecule has 35 heavy (non-hydrogen) atoms. The fraction of sp³-hybridized carbons (Fsp3) is 0.318. The van der Waals surface area contributed by atoms with Crippen LogP contribution in [0.4, 0.5) is 18.9 Å². The molecule has 0 saturated carbocycles. The second-order valence-electron chi connectivity index (χ2n) is 7.64. The van der Waals surface area contributed by atoms with E-state index in [0.29, 0.717) is 22.6 Å². The van der Waals surface area contributed by atoms with Crippen LogP contribution in [0.3, 0.4) is 0 Å². The highest BCUT2D eigenvalue weighted by Crippen LogP contribution is 2.38. The van der Waals surface area contributed by atoms with Crippen molar-refractivity contribution in [3.8, 4) is 27.4 Å². The molecule has 0 spiro atoms. The molecule has 0 aliphatic carbocycles. The quantitative estimate of drug-likeness (QED) is 0.327. The number of halogens is 4. The molecule has 3 N–H and O–H groups in total. The van der Waals surface area contributed by atoms with Crippen LogP contribution in [0.25, 0.3) is 21.7 Å². The van der Waals surface area contributed by atoms with Gasteiger partial charge in [-0.25, -0.2) is 5.43 Å². The number of anilines is 1.